The molecule has 0 saturated carbocycles. The highest BCUT2D eigenvalue weighted by Gasteiger charge is 2.32. The first-order valence-electron chi connectivity index (χ1n) is 10.0. The van der Waals surface area contributed by atoms with Crippen LogP contribution in [0.5, 0.6) is 0 Å². The molecular weight excluding hydrogens is 404 g/mol. The zero-order chi connectivity index (χ0) is 20.5. The monoisotopic (exact) mass is 428 g/mol. The second kappa shape index (κ2) is 8.28. The number of piperidine rings is 1. The number of hydrogen-bond donors (Lipinski definition) is 0. The number of thiocarbonyl (C=S) groups is 1. The number of carbonyl (C=O) groups is 1. The molecule has 2 aromatic rings. The van der Waals surface area contributed by atoms with Crippen molar-refractivity contribution >= 4 is 51.7 Å². The molecule has 0 bridgehead atoms. The van der Waals surface area contributed by atoms with E-state index in [2.05, 4.69) is 4.90 Å². The largest absolute Gasteiger partial charge is 0.356 e. The summed E-state index contributed by atoms with van der Waals surface area (Å²) in [6.45, 7) is 6.30. The first-order valence-corrected chi connectivity index (χ1v) is 11.3. The van der Waals surface area contributed by atoms with Gasteiger partial charge in [-0.1, -0.05) is 37.0 Å². The zero-order valence-corrected chi connectivity index (χ0v) is 18.3. The van der Waals surface area contributed by atoms with E-state index in [0.29, 0.717) is 32.8 Å². The predicted octanol–water partition coefficient (Wildman–Crippen LogP) is 3.60. The van der Waals surface area contributed by atoms with Gasteiger partial charge in [0.2, 0.25) is 0 Å². The van der Waals surface area contributed by atoms with Crippen LogP contribution in [-0.2, 0) is 4.79 Å². The molecule has 152 valence electrons. The number of amides is 1. The van der Waals surface area contributed by atoms with E-state index < -0.39 is 0 Å². The molecule has 0 aromatic carbocycles. The minimum absolute atomic E-state index is 0.125. The molecular formula is C21H24N4O2S2. The van der Waals surface area contributed by atoms with E-state index in [1.165, 1.54) is 18.2 Å². The van der Waals surface area contributed by atoms with Gasteiger partial charge in [-0.15, -0.1) is 0 Å². The lowest BCUT2D eigenvalue weighted by molar-refractivity contribution is -0.122. The van der Waals surface area contributed by atoms with Gasteiger partial charge in [-0.2, -0.15) is 0 Å². The number of aromatic nitrogens is 2. The third-order valence-corrected chi connectivity index (χ3v) is 6.69. The van der Waals surface area contributed by atoms with Crippen molar-refractivity contribution in [1.29, 1.82) is 0 Å². The number of aryl methyl sites for hydroxylation is 1. The first-order chi connectivity index (χ1) is 14.0. The minimum atomic E-state index is -0.153. The van der Waals surface area contributed by atoms with Crippen molar-refractivity contribution in [3.63, 3.8) is 0 Å². The fourth-order valence-corrected chi connectivity index (χ4v) is 5.11. The van der Waals surface area contributed by atoms with Gasteiger partial charge in [0.05, 0.1) is 10.5 Å². The van der Waals surface area contributed by atoms with Crippen molar-refractivity contribution in [2.45, 2.75) is 39.5 Å². The highest BCUT2D eigenvalue weighted by atomic mass is 32.2. The van der Waals surface area contributed by atoms with E-state index >= 15 is 0 Å². The fraction of sp³-hybridized carbons (Fsp3) is 0.429. The highest BCUT2D eigenvalue weighted by molar-refractivity contribution is 8.26. The van der Waals surface area contributed by atoms with Crippen LogP contribution >= 0.6 is 24.0 Å². The van der Waals surface area contributed by atoms with Crippen LogP contribution in [0.25, 0.3) is 11.7 Å². The number of nitrogens with zero attached hydrogens (tertiary/aromatic N) is 4. The Morgan fingerprint density at radius 3 is 2.72 bits per heavy atom. The molecule has 2 fully saturated rings. The molecule has 2 aromatic heterocycles. The molecule has 6 nitrogen and oxygen atoms in total. The summed E-state index contributed by atoms with van der Waals surface area (Å²) in [5.74, 6) is 0.546. The summed E-state index contributed by atoms with van der Waals surface area (Å²) in [7, 11) is 0. The van der Waals surface area contributed by atoms with Crippen molar-refractivity contribution in [1.82, 2.24) is 14.3 Å². The van der Waals surface area contributed by atoms with Crippen LogP contribution in [0.4, 0.5) is 5.82 Å². The van der Waals surface area contributed by atoms with Gasteiger partial charge in [0.1, 0.15) is 15.8 Å². The summed E-state index contributed by atoms with van der Waals surface area (Å²) in [5.41, 5.74) is 1.92. The first kappa shape index (κ1) is 20.1. The van der Waals surface area contributed by atoms with Gasteiger partial charge < -0.3 is 4.90 Å². The maximum Gasteiger partial charge on any atom is 0.267 e. The molecule has 0 spiro atoms. The van der Waals surface area contributed by atoms with Crippen LogP contribution < -0.4 is 10.5 Å². The summed E-state index contributed by atoms with van der Waals surface area (Å²) in [6, 6.07) is 3.80. The summed E-state index contributed by atoms with van der Waals surface area (Å²) in [6.07, 6.45) is 7.60. The van der Waals surface area contributed by atoms with Crippen molar-refractivity contribution < 1.29 is 4.79 Å². The number of thioether (sulfide) groups is 1. The molecule has 4 rings (SSSR count). The maximum absolute atomic E-state index is 13.4. The molecule has 2 aliphatic heterocycles. The minimum Gasteiger partial charge on any atom is -0.356 e. The second-order valence-electron chi connectivity index (χ2n) is 7.42. The molecule has 2 aliphatic rings. The van der Waals surface area contributed by atoms with Crippen molar-refractivity contribution in [3.8, 4) is 0 Å². The van der Waals surface area contributed by atoms with E-state index in [0.717, 1.165) is 37.9 Å². The topological polar surface area (TPSA) is 57.9 Å². The van der Waals surface area contributed by atoms with Gasteiger partial charge in [0.15, 0.2) is 0 Å². The number of rotatable bonds is 4. The number of fused-ring (bicyclic) bond motifs is 1. The van der Waals surface area contributed by atoms with Crippen LogP contribution in [0.15, 0.2) is 28.0 Å². The summed E-state index contributed by atoms with van der Waals surface area (Å²) < 4.78 is 2.12. The van der Waals surface area contributed by atoms with Crippen LogP contribution in [0.2, 0.25) is 0 Å². The maximum atomic E-state index is 13.4. The molecule has 1 amide bonds. The quantitative estimate of drug-likeness (QED) is 0.548. The van der Waals surface area contributed by atoms with Crippen molar-refractivity contribution in [3.05, 3.63) is 44.7 Å². The third kappa shape index (κ3) is 3.71. The predicted molar refractivity (Wildman–Crippen MR) is 122 cm³/mol. The van der Waals surface area contributed by atoms with Crippen molar-refractivity contribution in [2.75, 3.05) is 24.5 Å². The molecule has 0 N–H and O–H groups in total. The lowest BCUT2D eigenvalue weighted by Crippen LogP contribution is -2.33. The molecule has 8 heteroatoms. The number of hydrogen-bond acceptors (Lipinski definition) is 6. The van der Waals surface area contributed by atoms with Crippen LogP contribution in [0.3, 0.4) is 0 Å². The van der Waals surface area contributed by atoms with Gasteiger partial charge in [0.25, 0.3) is 11.5 Å². The smallest absolute Gasteiger partial charge is 0.267 e. The zero-order valence-electron chi connectivity index (χ0n) is 16.7. The van der Waals surface area contributed by atoms with E-state index in [1.807, 2.05) is 26.0 Å². The average molecular weight is 429 g/mol. The Labute approximate surface area is 179 Å². The molecule has 0 radical (unpaired) electrons. The van der Waals surface area contributed by atoms with Crippen LogP contribution in [-0.4, -0.2) is 44.1 Å². The standard InChI is InChI=1S/C21H24N4O2S2/c1-3-9-25-20(27)16(29-21(25)28)13-15-18(23-10-5-4-6-11-23)22-17-14(2)8-7-12-24(17)19(15)26/h7-8,12-13H,3-6,9-11H2,1-2H3/b16-13-. The molecule has 0 unspecified atom stereocenters. The SMILES string of the molecule is CCCN1C(=O)/C(=C/c2c(N3CCCCC3)nc3c(C)cccn3c2=O)SC1=S. The summed E-state index contributed by atoms with van der Waals surface area (Å²) in [5, 5.41) is 0. The van der Waals surface area contributed by atoms with E-state index in [1.54, 1.807) is 21.6 Å². The molecule has 0 atom stereocenters. The van der Waals surface area contributed by atoms with Gasteiger partial charge in [-0.3, -0.25) is 18.9 Å². The Morgan fingerprint density at radius 1 is 1.24 bits per heavy atom. The Kier molecular flexibility index (Phi) is 5.74. The average Bonchev–Trinajstić information content (AvgIpc) is 2.99. The number of pyridine rings is 1. The van der Waals surface area contributed by atoms with E-state index in [-0.39, 0.29) is 11.5 Å². The van der Waals surface area contributed by atoms with Gasteiger partial charge in [0, 0.05) is 25.8 Å². The molecule has 29 heavy (non-hydrogen) atoms. The number of anilines is 1. The molecule has 2 saturated heterocycles. The van der Waals surface area contributed by atoms with Crippen molar-refractivity contribution in [2.24, 2.45) is 0 Å². The summed E-state index contributed by atoms with van der Waals surface area (Å²) in [4.78, 5) is 35.4. The van der Waals surface area contributed by atoms with Gasteiger partial charge >= 0.3 is 0 Å². The molecule has 0 aliphatic carbocycles. The third-order valence-electron chi connectivity index (χ3n) is 5.32. The lowest BCUT2D eigenvalue weighted by atomic mass is 10.1. The Hall–Kier alpha value is -2.19. The lowest BCUT2D eigenvalue weighted by Gasteiger charge is -2.29. The van der Waals surface area contributed by atoms with E-state index in [9.17, 15) is 9.59 Å². The summed E-state index contributed by atoms with van der Waals surface area (Å²) >= 11 is 6.64. The fourth-order valence-electron chi connectivity index (χ4n) is 3.82. The van der Waals surface area contributed by atoms with Crippen LogP contribution in [0.1, 0.15) is 43.7 Å². The Morgan fingerprint density at radius 2 is 2.00 bits per heavy atom. The Balaban J connectivity index is 1.88. The Bertz CT molecular complexity index is 1070. The number of carbonyl (C=O) groups excluding carboxylic acids is 1. The normalized spacial score (nSPS) is 19.0. The highest BCUT2D eigenvalue weighted by Crippen LogP contribution is 2.34. The van der Waals surface area contributed by atoms with Gasteiger partial charge in [-0.05, 0) is 50.3 Å². The van der Waals surface area contributed by atoms with Gasteiger partial charge in [-0.25, -0.2) is 4.98 Å². The van der Waals surface area contributed by atoms with E-state index in [4.69, 9.17) is 17.2 Å². The second-order valence-corrected chi connectivity index (χ2v) is 9.10. The molecule has 4 heterocycles. The van der Waals surface area contributed by atoms with Crippen LogP contribution in [0, 0.1) is 6.92 Å².